The van der Waals surface area contributed by atoms with E-state index in [1.165, 1.54) is 14.2 Å². The van der Waals surface area contributed by atoms with Gasteiger partial charge in [0.1, 0.15) is 6.29 Å². The molecule has 94 valence electrons. The fourth-order valence-electron chi connectivity index (χ4n) is 1.52. The summed E-state index contributed by atoms with van der Waals surface area (Å²) in [5, 5.41) is 18.6. The number of carbonyl (C=O) groups is 1. The fourth-order valence-corrected chi connectivity index (χ4v) is 1.52. The van der Waals surface area contributed by atoms with Gasteiger partial charge in [0.25, 0.3) is 0 Å². The molecule has 5 heteroatoms. The number of ether oxygens (including phenoxy) is 2. The topological polar surface area (TPSA) is 76.0 Å². The van der Waals surface area contributed by atoms with Crippen molar-refractivity contribution in [1.29, 1.82) is 0 Å². The molecule has 0 fully saturated rings. The molecule has 1 aromatic rings. The molecule has 0 aliphatic carbocycles. The fraction of sp³-hybridized carbons (Fsp3) is 0.417. The van der Waals surface area contributed by atoms with Crippen molar-refractivity contribution >= 4 is 6.29 Å². The number of aldehydes is 1. The van der Waals surface area contributed by atoms with E-state index in [0.29, 0.717) is 12.7 Å². The molecule has 1 aromatic carbocycles. The van der Waals surface area contributed by atoms with Crippen LogP contribution in [0.4, 0.5) is 0 Å². The number of hydrogen-bond donors (Lipinski definition) is 2. The van der Waals surface area contributed by atoms with Crippen LogP contribution in [-0.4, -0.2) is 37.3 Å². The molecule has 0 bridgehead atoms. The number of rotatable bonds is 6. The normalized spacial score (nSPS) is 11.9. The minimum atomic E-state index is -0.464. The smallest absolute Gasteiger partial charge is 0.200 e. The molecular formula is C12H16O5. The van der Waals surface area contributed by atoms with Crippen molar-refractivity contribution in [2.24, 2.45) is 5.92 Å². The summed E-state index contributed by atoms with van der Waals surface area (Å²) in [5.41, 5.74) is 0.752. The maximum Gasteiger partial charge on any atom is 0.200 e. The van der Waals surface area contributed by atoms with E-state index in [2.05, 4.69) is 0 Å². The van der Waals surface area contributed by atoms with Gasteiger partial charge in [-0.2, -0.15) is 0 Å². The zero-order valence-electron chi connectivity index (χ0n) is 9.84. The molecule has 0 heterocycles. The molecule has 17 heavy (non-hydrogen) atoms. The molecule has 0 aliphatic heterocycles. The molecule has 1 rings (SSSR count). The standard InChI is InChI=1S/C12H16O5/c1-16-10-4-8(3-9(6-13)7-14)5-11(17-2)12(10)15/h4-6,9,14-15H,3,7H2,1-2H3. The highest BCUT2D eigenvalue weighted by Gasteiger charge is 2.14. The van der Waals surface area contributed by atoms with Gasteiger partial charge in [0, 0.05) is 5.92 Å². The van der Waals surface area contributed by atoms with Gasteiger partial charge in [-0.1, -0.05) is 0 Å². The first-order chi connectivity index (χ1) is 8.15. The van der Waals surface area contributed by atoms with Crippen molar-refractivity contribution < 1.29 is 24.5 Å². The lowest BCUT2D eigenvalue weighted by Crippen LogP contribution is -2.11. The molecule has 0 aromatic heterocycles. The highest BCUT2D eigenvalue weighted by atomic mass is 16.5. The Bertz CT molecular complexity index is 363. The third-order valence-electron chi connectivity index (χ3n) is 2.46. The molecule has 1 atom stereocenters. The number of aromatic hydroxyl groups is 1. The van der Waals surface area contributed by atoms with E-state index in [0.717, 1.165) is 5.56 Å². The minimum Gasteiger partial charge on any atom is -0.502 e. The Balaban J connectivity index is 3.04. The first-order valence-electron chi connectivity index (χ1n) is 5.16. The Morgan fingerprint density at radius 2 is 1.82 bits per heavy atom. The summed E-state index contributed by atoms with van der Waals surface area (Å²) in [5.74, 6) is 0.0169. The van der Waals surface area contributed by atoms with Gasteiger partial charge in [0.05, 0.1) is 20.8 Å². The average molecular weight is 240 g/mol. The van der Waals surface area contributed by atoms with Gasteiger partial charge in [-0.15, -0.1) is 0 Å². The quantitative estimate of drug-likeness (QED) is 0.718. The van der Waals surface area contributed by atoms with Crippen LogP contribution in [-0.2, 0) is 11.2 Å². The number of benzene rings is 1. The third-order valence-corrected chi connectivity index (χ3v) is 2.46. The average Bonchev–Trinajstić information content (AvgIpc) is 2.37. The lowest BCUT2D eigenvalue weighted by molar-refractivity contribution is -0.112. The second-order valence-electron chi connectivity index (χ2n) is 3.63. The maximum absolute atomic E-state index is 10.6. The van der Waals surface area contributed by atoms with Crippen LogP contribution in [0.5, 0.6) is 17.2 Å². The lowest BCUT2D eigenvalue weighted by atomic mass is 10.0. The van der Waals surface area contributed by atoms with Crippen LogP contribution in [0.15, 0.2) is 12.1 Å². The molecular weight excluding hydrogens is 224 g/mol. The number of methoxy groups -OCH3 is 2. The number of aliphatic hydroxyl groups is 1. The summed E-state index contributed by atoms with van der Waals surface area (Å²) in [6, 6.07) is 3.23. The molecule has 0 radical (unpaired) electrons. The lowest BCUT2D eigenvalue weighted by Gasteiger charge is -2.12. The number of aliphatic hydroxyl groups excluding tert-OH is 1. The SMILES string of the molecule is COc1cc(CC(C=O)CO)cc(OC)c1O. The Morgan fingerprint density at radius 3 is 2.18 bits per heavy atom. The highest BCUT2D eigenvalue weighted by molar-refractivity contribution is 5.57. The summed E-state index contributed by atoms with van der Waals surface area (Å²) in [6.45, 7) is -0.213. The molecule has 1 unspecified atom stereocenters. The zero-order chi connectivity index (χ0) is 12.8. The van der Waals surface area contributed by atoms with Gasteiger partial charge >= 0.3 is 0 Å². The van der Waals surface area contributed by atoms with Crippen molar-refractivity contribution in [1.82, 2.24) is 0 Å². The van der Waals surface area contributed by atoms with Crippen molar-refractivity contribution in [3.05, 3.63) is 17.7 Å². The van der Waals surface area contributed by atoms with Crippen LogP contribution >= 0.6 is 0 Å². The van der Waals surface area contributed by atoms with Crippen molar-refractivity contribution in [3.63, 3.8) is 0 Å². The second kappa shape index (κ2) is 6.10. The largest absolute Gasteiger partial charge is 0.502 e. The molecule has 2 N–H and O–H groups in total. The summed E-state index contributed by atoms with van der Waals surface area (Å²) in [4.78, 5) is 10.6. The Kier molecular flexibility index (Phi) is 4.78. The van der Waals surface area contributed by atoms with E-state index in [4.69, 9.17) is 14.6 Å². The molecule has 0 aliphatic rings. The summed E-state index contributed by atoms with van der Waals surface area (Å²) >= 11 is 0. The monoisotopic (exact) mass is 240 g/mol. The Hall–Kier alpha value is -1.75. The summed E-state index contributed by atoms with van der Waals surface area (Å²) in [6.07, 6.45) is 1.07. The van der Waals surface area contributed by atoms with E-state index in [9.17, 15) is 9.90 Å². The van der Waals surface area contributed by atoms with Crippen LogP contribution in [0.3, 0.4) is 0 Å². The van der Waals surface area contributed by atoms with Gasteiger partial charge in [-0.05, 0) is 24.1 Å². The van der Waals surface area contributed by atoms with Crippen LogP contribution < -0.4 is 9.47 Å². The van der Waals surface area contributed by atoms with E-state index < -0.39 is 5.92 Å². The molecule has 0 amide bonds. The number of phenolic OH excluding ortho intramolecular Hbond substituents is 1. The van der Waals surface area contributed by atoms with Gasteiger partial charge in [-0.25, -0.2) is 0 Å². The van der Waals surface area contributed by atoms with Crippen LogP contribution in [0.25, 0.3) is 0 Å². The van der Waals surface area contributed by atoms with Gasteiger partial charge in [-0.3, -0.25) is 0 Å². The van der Waals surface area contributed by atoms with Crippen molar-refractivity contribution in [2.45, 2.75) is 6.42 Å². The first kappa shape index (κ1) is 13.3. The summed E-state index contributed by atoms with van der Waals surface area (Å²) in [7, 11) is 2.86. The van der Waals surface area contributed by atoms with Crippen molar-refractivity contribution in [2.75, 3.05) is 20.8 Å². The highest BCUT2D eigenvalue weighted by Crippen LogP contribution is 2.37. The molecule has 0 saturated heterocycles. The van der Waals surface area contributed by atoms with E-state index in [1.807, 2.05) is 0 Å². The predicted molar refractivity (Wildman–Crippen MR) is 61.6 cm³/mol. The maximum atomic E-state index is 10.6. The van der Waals surface area contributed by atoms with Gasteiger partial charge in [0.2, 0.25) is 5.75 Å². The number of hydrogen-bond acceptors (Lipinski definition) is 5. The second-order valence-corrected chi connectivity index (χ2v) is 3.63. The first-order valence-corrected chi connectivity index (χ1v) is 5.16. The van der Waals surface area contributed by atoms with Crippen molar-refractivity contribution in [3.8, 4) is 17.2 Å². The third kappa shape index (κ3) is 3.10. The molecule has 0 saturated carbocycles. The Morgan fingerprint density at radius 1 is 1.29 bits per heavy atom. The van der Waals surface area contributed by atoms with E-state index >= 15 is 0 Å². The number of phenols is 1. The van der Waals surface area contributed by atoms with E-state index in [1.54, 1.807) is 12.1 Å². The van der Waals surface area contributed by atoms with Crippen LogP contribution in [0.1, 0.15) is 5.56 Å². The van der Waals surface area contributed by atoms with Crippen LogP contribution in [0.2, 0.25) is 0 Å². The van der Waals surface area contributed by atoms with E-state index in [-0.39, 0.29) is 23.9 Å². The Labute approximate surface area is 99.6 Å². The zero-order valence-corrected chi connectivity index (χ0v) is 9.84. The van der Waals surface area contributed by atoms with Gasteiger partial charge < -0.3 is 24.5 Å². The summed E-state index contributed by atoms with van der Waals surface area (Å²) < 4.78 is 9.99. The van der Waals surface area contributed by atoms with Gasteiger partial charge in [0.15, 0.2) is 11.5 Å². The molecule has 5 nitrogen and oxygen atoms in total. The minimum absolute atomic E-state index is 0.0783. The van der Waals surface area contributed by atoms with Crippen LogP contribution in [0, 0.1) is 5.92 Å². The number of carbonyl (C=O) groups excluding carboxylic acids is 1. The predicted octanol–water partition coefficient (Wildman–Crippen LogP) is 0.759. The molecule has 0 spiro atoms.